The van der Waals surface area contributed by atoms with Gasteiger partial charge in [-0.25, -0.2) is 13.8 Å². The molecule has 0 spiro atoms. The van der Waals surface area contributed by atoms with Crippen LogP contribution in [0.1, 0.15) is 0 Å². The third-order valence-corrected chi connectivity index (χ3v) is 1.54. The molecule has 0 amide bonds. The van der Waals surface area contributed by atoms with Crippen LogP contribution in [0.2, 0.25) is 0 Å². The Hall–Kier alpha value is -1.17. The number of fused-ring (bicyclic) bond motifs is 1. The van der Waals surface area contributed by atoms with Gasteiger partial charge in [0.05, 0.1) is 11.0 Å². The van der Waals surface area contributed by atoms with Crippen LogP contribution >= 0.6 is 17.0 Å². The molecule has 2 aromatic rings. The van der Waals surface area contributed by atoms with Gasteiger partial charge in [-0.15, -0.1) is 17.0 Å². The number of nitrogen functional groups attached to an aromatic ring is 1. The maximum atomic E-state index is 12.6. The first-order chi connectivity index (χ1) is 5.66. The van der Waals surface area contributed by atoms with Crippen molar-refractivity contribution in [2.75, 3.05) is 5.73 Å². The number of hydrogen-bond donors (Lipinski definition) is 2. The fourth-order valence-corrected chi connectivity index (χ4v) is 1.02. The summed E-state index contributed by atoms with van der Waals surface area (Å²) in [7, 11) is 0. The lowest BCUT2D eigenvalue weighted by molar-refractivity contribution is 0.510. The molecule has 0 aliphatic rings. The minimum absolute atomic E-state index is 0. The number of benzene rings is 1. The van der Waals surface area contributed by atoms with Crippen LogP contribution in [-0.4, -0.2) is 9.97 Å². The highest BCUT2D eigenvalue weighted by atomic mass is 79.9. The number of aromatic amines is 1. The second-order valence-electron chi connectivity index (χ2n) is 2.41. The van der Waals surface area contributed by atoms with E-state index in [-0.39, 0.29) is 22.9 Å². The zero-order chi connectivity index (χ0) is 8.72. The molecule has 2 rings (SSSR count). The summed E-state index contributed by atoms with van der Waals surface area (Å²) < 4.78 is 25.2. The molecule has 0 atom stereocenters. The van der Waals surface area contributed by atoms with E-state index < -0.39 is 11.6 Å². The summed E-state index contributed by atoms with van der Waals surface area (Å²) >= 11 is 0. The summed E-state index contributed by atoms with van der Waals surface area (Å²) in [6, 6.07) is 2.02. The van der Waals surface area contributed by atoms with Crippen LogP contribution < -0.4 is 5.73 Å². The van der Waals surface area contributed by atoms with Gasteiger partial charge >= 0.3 is 0 Å². The average Bonchev–Trinajstić information content (AvgIpc) is 2.30. The van der Waals surface area contributed by atoms with Crippen molar-refractivity contribution in [1.29, 1.82) is 0 Å². The van der Waals surface area contributed by atoms with Crippen LogP contribution in [0.25, 0.3) is 11.0 Å². The smallest absolute Gasteiger partial charge is 0.198 e. The molecule has 3 nitrogen and oxygen atoms in total. The number of nitrogens with zero attached hydrogens (tertiary/aromatic N) is 1. The number of halogens is 3. The second kappa shape index (κ2) is 3.29. The molecule has 0 saturated heterocycles. The van der Waals surface area contributed by atoms with Gasteiger partial charge in [-0.1, -0.05) is 0 Å². The lowest BCUT2D eigenvalue weighted by Gasteiger charge is -1.90. The summed E-state index contributed by atoms with van der Waals surface area (Å²) in [6.45, 7) is 0. The van der Waals surface area contributed by atoms with Gasteiger partial charge in [-0.2, -0.15) is 0 Å². The Bertz CT molecular complexity index is 401. The zero-order valence-corrected chi connectivity index (χ0v) is 8.06. The van der Waals surface area contributed by atoms with Crippen LogP contribution in [0, 0.1) is 11.6 Å². The number of hydrogen-bond acceptors (Lipinski definition) is 2. The third kappa shape index (κ3) is 1.62. The molecule has 1 aromatic heterocycles. The number of aromatic nitrogens is 2. The molecule has 0 bridgehead atoms. The molecule has 3 N–H and O–H groups in total. The molecule has 0 fully saturated rings. The zero-order valence-electron chi connectivity index (χ0n) is 6.34. The van der Waals surface area contributed by atoms with Crippen molar-refractivity contribution in [2.45, 2.75) is 0 Å². The third-order valence-electron chi connectivity index (χ3n) is 1.54. The maximum Gasteiger partial charge on any atom is 0.198 e. The normalized spacial score (nSPS) is 10.0. The van der Waals surface area contributed by atoms with Gasteiger partial charge in [0.1, 0.15) is 0 Å². The monoisotopic (exact) mass is 249 g/mol. The van der Waals surface area contributed by atoms with Crippen molar-refractivity contribution in [3.8, 4) is 0 Å². The predicted octanol–water partition coefficient (Wildman–Crippen LogP) is 2.00. The summed E-state index contributed by atoms with van der Waals surface area (Å²) in [5.41, 5.74) is 6.00. The van der Waals surface area contributed by atoms with Crippen molar-refractivity contribution in [3.05, 3.63) is 23.8 Å². The summed E-state index contributed by atoms with van der Waals surface area (Å²) in [5, 5.41) is 0. The molecular formula is C7H6BrF2N3. The molecule has 0 aliphatic heterocycles. The van der Waals surface area contributed by atoms with Crippen LogP contribution in [0.4, 0.5) is 14.7 Å². The van der Waals surface area contributed by atoms with Crippen LogP contribution in [-0.2, 0) is 0 Å². The van der Waals surface area contributed by atoms with Crippen molar-refractivity contribution in [2.24, 2.45) is 0 Å². The molecular weight excluding hydrogens is 244 g/mol. The number of imidazole rings is 1. The lowest BCUT2D eigenvalue weighted by Crippen LogP contribution is -1.84. The van der Waals surface area contributed by atoms with E-state index in [0.29, 0.717) is 11.0 Å². The average molecular weight is 250 g/mol. The molecule has 70 valence electrons. The topological polar surface area (TPSA) is 54.7 Å². The van der Waals surface area contributed by atoms with E-state index in [0.717, 1.165) is 12.1 Å². The maximum absolute atomic E-state index is 12.6. The molecule has 1 heterocycles. The number of anilines is 1. The SMILES string of the molecule is Br.Nc1nc2cc(F)c(F)cc2[nH]1. The first-order valence-electron chi connectivity index (χ1n) is 3.27. The van der Waals surface area contributed by atoms with E-state index in [4.69, 9.17) is 5.73 Å². The molecule has 0 saturated carbocycles. The van der Waals surface area contributed by atoms with E-state index in [2.05, 4.69) is 9.97 Å². The lowest BCUT2D eigenvalue weighted by atomic mass is 10.3. The Morgan fingerprint density at radius 1 is 1.23 bits per heavy atom. The van der Waals surface area contributed by atoms with Crippen LogP contribution in [0.15, 0.2) is 12.1 Å². The largest absolute Gasteiger partial charge is 0.369 e. The van der Waals surface area contributed by atoms with E-state index in [1.807, 2.05) is 0 Å². The van der Waals surface area contributed by atoms with Gasteiger partial charge in [-0.3, -0.25) is 0 Å². The highest BCUT2D eigenvalue weighted by molar-refractivity contribution is 8.93. The van der Waals surface area contributed by atoms with Crippen molar-refractivity contribution in [3.63, 3.8) is 0 Å². The molecule has 0 unspecified atom stereocenters. The summed E-state index contributed by atoms with van der Waals surface area (Å²) in [5.74, 6) is -1.69. The second-order valence-corrected chi connectivity index (χ2v) is 2.41. The van der Waals surface area contributed by atoms with Crippen LogP contribution in [0.3, 0.4) is 0 Å². The van der Waals surface area contributed by atoms with Gasteiger partial charge in [0.2, 0.25) is 0 Å². The van der Waals surface area contributed by atoms with Gasteiger partial charge < -0.3 is 10.7 Å². The highest BCUT2D eigenvalue weighted by Gasteiger charge is 2.06. The van der Waals surface area contributed by atoms with E-state index in [9.17, 15) is 8.78 Å². The van der Waals surface area contributed by atoms with Crippen LogP contribution in [0.5, 0.6) is 0 Å². The number of nitrogens with one attached hydrogen (secondary N) is 1. The first kappa shape index (κ1) is 9.91. The minimum atomic E-state index is -0.922. The Morgan fingerprint density at radius 2 is 1.85 bits per heavy atom. The van der Waals surface area contributed by atoms with Gasteiger partial charge in [0.15, 0.2) is 17.6 Å². The summed E-state index contributed by atoms with van der Waals surface area (Å²) in [6.07, 6.45) is 0. The number of H-pyrrole nitrogens is 1. The fraction of sp³-hybridized carbons (Fsp3) is 0. The molecule has 6 heteroatoms. The van der Waals surface area contributed by atoms with Gasteiger partial charge in [0.25, 0.3) is 0 Å². The minimum Gasteiger partial charge on any atom is -0.369 e. The van der Waals surface area contributed by atoms with E-state index in [1.165, 1.54) is 0 Å². The van der Waals surface area contributed by atoms with Gasteiger partial charge in [-0.05, 0) is 0 Å². The predicted molar refractivity (Wildman–Crippen MR) is 50.7 cm³/mol. The quantitative estimate of drug-likeness (QED) is 0.751. The van der Waals surface area contributed by atoms with E-state index in [1.54, 1.807) is 0 Å². The molecule has 0 radical (unpaired) electrons. The number of rotatable bonds is 0. The molecule has 0 aliphatic carbocycles. The fourth-order valence-electron chi connectivity index (χ4n) is 1.02. The number of nitrogens with two attached hydrogens (primary N) is 1. The highest BCUT2D eigenvalue weighted by Crippen LogP contribution is 2.16. The standard InChI is InChI=1S/C7H5F2N3.BrH/c8-3-1-5-6(2-4(3)9)12-7(10)11-5;/h1-2H,(H3,10,11,12);1H. The first-order valence-corrected chi connectivity index (χ1v) is 3.27. The Balaban J connectivity index is 0.000000845. The van der Waals surface area contributed by atoms with Crippen molar-refractivity contribution >= 4 is 34.0 Å². The summed E-state index contributed by atoms with van der Waals surface area (Å²) in [4.78, 5) is 6.32. The Labute approximate surface area is 82.7 Å². The molecule has 13 heavy (non-hydrogen) atoms. The Morgan fingerprint density at radius 3 is 2.54 bits per heavy atom. The van der Waals surface area contributed by atoms with Crippen molar-refractivity contribution < 1.29 is 8.78 Å². The van der Waals surface area contributed by atoms with Crippen molar-refractivity contribution in [1.82, 2.24) is 9.97 Å². The van der Waals surface area contributed by atoms with Gasteiger partial charge in [0, 0.05) is 12.1 Å². The molecule has 1 aromatic carbocycles. The Kier molecular flexibility index (Phi) is 2.51. The van der Waals surface area contributed by atoms with E-state index >= 15 is 0 Å².